The maximum Gasteiger partial charge on any atom is 0.237 e. The summed E-state index contributed by atoms with van der Waals surface area (Å²) in [5.74, 6) is 1.39. The second kappa shape index (κ2) is 7.47. The number of hydrogen-bond donors (Lipinski definition) is 0. The number of aromatic nitrogens is 2. The summed E-state index contributed by atoms with van der Waals surface area (Å²) in [6, 6.07) is 11.2. The molecule has 3 heterocycles. The van der Waals surface area contributed by atoms with Gasteiger partial charge in [-0.25, -0.2) is 9.37 Å². The number of aryl methyl sites for hydroxylation is 2. The number of hydrogen-bond acceptors (Lipinski definition) is 5. The first-order valence-electron chi connectivity index (χ1n) is 11.3. The quantitative estimate of drug-likeness (QED) is 0.574. The van der Waals surface area contributed by atoms with E-state index in [0.29, 0.717) is 0 Å². The summed E-state index contributed by atoms with van der Waals surface area (Å²) in [6.07, 6.45) is 9.46. The fraction of sp³-hybridized carbons (Fsp3) is 0.308. The molecule has 1 atom stereocenters. The maximum absolute atomic E-state index is 14.1. The molecule has 1 aromatic heterocycles. The summed E-state index contributed by atoms with van der Waals surface area (Å²) in [5, 5.41) is 4.52. The van der Waals surface area contributed by atoms with Gasteiger partial charge < -0.3 is 19.0 Å². The third-order valence-corrected chi connectivity index (χ3v) is 6.85. The van der Waals surface area contributed by atoms with Gasteiger partial charge in [0.25, 0.3) is 0 Å². The van der Waals surface area contributed by atoms with Gasteiger partial charge in [0.2, 0.25) is 5.72 Å². The van der Waals surface area contributed by atoms with Crippen molar-refractivity contribution < 1.29 is 14.0 Å². The average Bonchev–Trinajstić information content (AvgIpc) is 3.53. The van der Waals surface area contributed by atoms with Crippen LogP contribution >= 0.6 is 0 Å². The van der Waals surface area contributed by atoms with Gasteiger partial charge in [-0.05, 0) is 73.2 Å². The van der Waals surface area contributed by atoms with Crippen LogP contribution in [0.3, 0.4) is 0 Å². The molecule has 0 amide bonds. The zero-order valence-corrected chi connectivity index (χ0v) is 18.7. The van der Waals surface area contributed by atoms with E-state index >= 15 is 0 Å². The Balaban J connectivity index is 1.34. The van der Waals surface area contributed by atoms with Crippen LogP contribution < -0.4 is 4.74 Å². The number of oxime groups is 1. The van der Waals surface area contributed by atoms with Crippen molar-refractivity contribution >= 4 is 11.9 Å². The Bertz CT molecular complexity index is 1310. The standard InChI is InChI=1S/C26H25FN4O2/c1-17-15-30(16-28-17)23-8-5-18(13-24(23)32-2)12-20-4-3-11-31-25(20)29-33-26(31)10-9-19-6-7-21(27)14-22(19)26/h5-8,12-16H,3-4,9-11H2,1-2H3/b20-12+. The first-order valence-corrected chi connectivity index (χ1v) is 11.3. The second-order valence-corrected chi connectivity index (χ2v) is 8.87. The van der Waals surface area contributed by atoms with E-state index in [1.807, 2.05) is 35.9 Å². The van der Waals surface area contributed by atoms with Crippen molar-refractivity contribution in [3.8, 4) is 11.4 Å². The summed E-state index contributed by atoms with van der Waals surface area (Å²) >= 11 is 0. The number of nitrogens with zero attached hydrogens (tertiary/aromatic N) is 4. The third kappa shape index (κ3) is 3.14. The Hall–Kier alpha value is -3.61. The summed E-state index contributed by atoms with van der Waals surface area (Å²) in [6.45, 7) is 2.80. The first-order chi connectivity index (χ1) is 16.1. The molecule has 168 valence electrons. The monoisotopic (exact) mass is 444 g/mol. The molecule has 33 heavy (non-hydrogen) atoms. The number of benzene rings is 2. The minimum Gasteiger partial charge on any atom is -0.495 e. The molecule has 1 saturated heterocycles. The van der Waals surface area contributed by atoms with Crippen LogP contribution in [0.4, 0.5) is 4.39 Å². The molecule has 2 aliphatic heterocycles. The van der Waals surface area contributed by atoms with E-state index in [1.54, 1.807) is 19.5 Å². The molecule has 0 N–H and O–H groups in total. The fourth-order valence-corrected chi connectivity index (χ4v) is 5.28. The fourth-order valence-electron chi connectivity index (χ4n) is 5.28. The number of methoxy groups -OCH3 is 1. The Morgan fingerprint density at radius 3 is 2.91 bits per heavy atom. The third-order valence-electron chi connectivity index (χ3n) is 6.85. The Morgan fingerprint density at radius 1 is 1.18 bits per heavy atom. The summed E-state index contributed by atoms with van der Waals surface area (Å²) in [7, 11) is 1.68. The van der Waals surface area contributed by atoms with E-state index < -0.39 is 5.72 Å². The predicted molar refractivity (Wildman–Crippen MR) is 124 cm³/mol. The van der Waals surface area contributed by atoms with Crippen molar-refractivity contribution in [3.63, 3.8) is 0 Å². The molecule has 0 radical (unpaired) electrons. The molecule has 2 aromatic carbocycles. The zero-order valence-electron chi connectivity index (χ0n) is 18.7. The molecule has 0 bridgehead atoms. The maximum atomic E-state index is 14.1. The van der Waals surface area contributed by atoms with Crippen molar-refractivity contribution in [2.24, 2.45) is 5.16 Å². The van der Waals surface area contributed by atoms with Gasteiger partial charge in [0.05, 0.1) is 24.8 Å². The van der Waals surface area contributed by atoms with Gasteiger partial charge in [-0.2, -0.15) is 0 Å². The Labute approximate surface area is 191 Å². The van der Waals surface area contributed by atoms with Crippen molar-refractivity contribution in [1.82, 2.24) is 14.5 Å². The van der Waals surface area contributed by atoms with Crippen molar-refractivity contribution in [3.05, 3.63) is 82.7 Å². The number of piperidine rings is 1. The molecular weight excluding hydrogens is 419 g/mol. The van der Waals surface area contributed by atoms with Gasteiger partial charge in [-0.1, -0.05) is 17.3 Å². The normalized spacial score (nSPS) is 22.3. The topological polar surface area (TPSA) is 51.9 Å². The lowest BCUT2D eigenvalue weighted by molar-refractivity contribution is -0.105. The lowest BCUT2D eigenvalue weighted by Gasteiger charge is -2.38. The molecule has 0 saturated carbocycles. The minimum absolute atomic E-state index is 0.236. The molecule has 7 heteroatoms. The second-order valence-electron chi connectivity index (χ2n) is 8.87. The lowest BCUT2D eigenvalue weighted by atomic mass is 9.95. The van der Waals surface area contributed by atoms with E-state index in [9.17, 15) is 4.39 Å². The van der Waals surface area contributed by atoms with Crippen LogP contribution in [0.5, 0.6) is 5.75 Å². The van der Waals surface area contributed by atoms with Crippen LogP contribution in [0, 0.1) is 12.7 Å². The molecule has 3 aromatic rings. The van der Waals surface area contributed by atoms with Crippen molar-refractivity contribution in [2.45, 2.75) is 38.3 Å². The number of imidazole rings is 1. The van der Waals surface area contributed by atoms with Gasteiger partial charge in [0.15, 0.2) is 5.84 Å². The molecule has 1 unspecified atom stereocenters. The Kier molecular flexibility index (Phi) is 4.54. The highest BCUT2D eigenvalue weighted by atomic mass is 19.1. The average molecular weight is 445 g/mol. The highest BCUT2D eigenvalue weighted by Gasteiger charge is 2.53. The Morgan fingerprint density at radius 2 is 2.09 bits per heavy atom. The van der Waals surface area contributed by atoms with Crippen LogP contribution in [-0.2, 0) is 17.0 Å². The largest absolute Gasteiger partial charge is 0.495 e. The zero-order chi connectivity index (χ0) is 22.6. The van der Waals surface area contributed by atoms with E-state index in [1.165, 1.54) is 6.07 Å². The van der Waals surface area contributed by atoms with Crippen LogP contribution in [-0.4, -0.2) is 33.9 Å². The summed E-state index contributed by atoms with van der Waals surface area (Å²) in [5.41, 5.74) is 5.40. The molecule has 3 aliphatic rings. The smallest absolute Gasteiger partial charge is 0.237 e. The predicted octanol–water partition coefficient (Wildman–Crippen LogP) is 4.95. The van der Waals surface area contributed by atoms with Gasteiger partial charge in [-0.15, -0.1) is 0 Å². The van der Waals surface area contributed by atoms with E-state index in [-0.39, 0.29) is 5.82 Å². The SMILES string of the molecule is COc1cc(/C=C2\CCCN3C2=NOC32CCc3ccc(F)cc32)ccc1-n1cnc(C)c1. The first kappa shape index (κ1) is 20.0. The van der Waals surface area contributed by atoms with Gasteiger partial charge in [0, 0.05) is 24.7 Å². The van der Waals surface area contributed by atoms with E-state index in [4.69, 9.17) is 9.57 Å². The highest BCUT2D eigenvalue weighted by molar-refractivity contribution is 6.03. The van der Waals surface area contributed by atoms with Crippen LogP contribution in [0.1, 0.15) is 41.6 Å². The van der Waals surface area contributed by atoms with Gasteiger partial charge in [-0.3, -0.25) is 0 Å². The number of rotatable bonds is 3. The lowest BCUT2D eigenvalue weighted by Crippen LogP contribution is -2.47. The minimum atomic E-state index is -0.687. The summed E-state index contributed by atoms with van der Waals surface area (Å²) in [4.78, 5) is 12.6. The van der Waals surface area contributed by atoms with Crippen LogP contribution in [0.25, 0.3) is 11.8 Å². The number of fused-ring (bicyclic) bond motifs is 4. The molecule has 1 spiro atoms. The molecule has 6 rings (SSSR count). The number of halogens is 1. The summed E-state index contributed by atoms with van der Waals surface area (Å²) < 4.78 is 21.7. The highest BCUT2D eigenvalue weighted by Crippen LogP contribution is 2.48. The number of amidine groups is 1. The van der Waals surface area contributed by atoms with Gasteiger partial charge >= 0.3 is 0 Å². The van der Waals surface area contributed by atoms with E-state index in [2.05, 4.69) is 27.2 Å². The molecule has 1 fully saturated rings. The van der Waals surface area contributed by atoms with Gasteiger partial charge in [0.1, 0.15) is 11.6 Å². The molecule has 1 aliphatic carbocycles. The molecule has 6 nitrogen and oxygen atoms in total. The molecular formula is C26H25FN4O2. The van der Waals surface area contributed by atoms with Crippen molar-refractivity contribution in [2.75, 3.05) is 13.7 Å². The van der Waals surface area contributed by atoms with Crippen molar-refractivity contribution in [1.29, 1.82) is 0 Å². The van der Waals surface area contributed by atoms with E-state index in [0.717, 1.165) is 77.5 Å². The van der Waals surface area contributed by atoms with Crippen LogP contribution in [0.2, 0.25) is 0 Å². The number of ether oxygens (including phenoxy) is 1. The van der Waals surface area contributed by atoms with Crippen LogP contribution in [0.15, 0.2) is 59.7 Å².